The van der Waals surface area contributed by atoms with E-state index >= 15 is 0 Å². The summed E-state index contributed by atoms with van der Waals surface area (Å²) in [5, 5.41) is 3.12. The van der Waals surface area contributed by atoms with E-state index < -0.39 is 0 Å². The molecule has 0 aliphatic rings. The molecule has 0 aliphatic carbocycles. The van der Waals surface area contributed by atoms with Gasteiger partial charge in [-0.25, -0.2) is 10.8 Å². The molecule has 0 saturated carbocycles. The molecule has 0 aliphatic heterocycles. The van der Waals surface area contributed by atoms with Crippen molar-refractivity contribution in [2.24, 2.45) is 5.84 Å². The highest BCUT2D eigenvalue weighted by Gasteiger charge is 2.17. The Kier molecular flexibility index (Phi) is 3.98. The average molecular weight is 265 g/mol. The summed E-state index contributed by atoms with van der Waals surface area (Å²) in [6.07, 6.45) is 2.18. The number of nitrogens with zero attached hydrogens (tertiary/aromatic N) is 3. The van der Waals surface area contributed by atoms with Crippen molar-refractivity contribution in [1.29, 1.82) is 0 Å². The summed E-state index contributed by atoms with van der Waals surface area (Å²) < 4.78 is 0. The fraction of sp³-hybridized carbons (Fsp3) is 0.500. The third-order valence-corrected chi connectivity index (χ3v) is 4.06. The van der Waals surface area contributed by atoms with Gasteiger partial charge in [0, 0.05) is 13.1 Å². The molecule has 0 saturated heterocycles. The Labute approximate surface area is 111 Å². The zero-order valence-corrected chi connectivity index (χ0v) is 11.8. The van der Waals surface area contributed by atoms with Crippen LogP contribution in [-0.2, 0) is 0 Å². The van der Waals surface area contributed by atoms with Crippen LogP contribution in [0.2, 0.25) is 0 Å². The lowest BCUT2D eigenvalue weighted by atomic mass is 10.1. The molecule has 3 N–H and O–H groups in total. The van der Waals surface area contributed by atoms with Crippen LogP contribution in [0.1, 0.15) is 26.7 Å². The van der Waals surface area contributed by atoms with E-state index in [-0.39, 0.29) is 0 Å². The van der Waals surface area contributed by atoms with Gasteiger partial charge in [0.05, 0.1) is 5.39 Å². The Morgan fingerprint density at radius 2 is 2.11 bits per heavy atom. The van der Waals surface area contributed by atoms with E-state index in [1.165, 1.54) is 0 Å². The Balaban J connectivity index is 2.50. The second-order valence-corrected chi connectivity index (χ2v) is 5.13. The maximum absolute atomic E-state index is 5.43. The van der Waals surface area contributed by atoms with Crippen LogP contribution in [-0.4, -0.2) is 23.1 Å². The van der Waals surface area contributed by atoms with Crippen molar-refractivity contribution in [2.75, 3.05) is 17.4 Å². The average Bonchev–Trinajstić information content (AvgIpc) is 2.86. The van der Waals surface area contributed by atoms with Crippen molar-refractivity contribution >= 4 is 33.3 Å². The van der Waals surface area contributed by atoms with E-state index in [4.69, 9.17) is 5.84 Å². The van der Waals surface area contributed by atoms with Gasteiger partial charge < -0.3 is 4.90 Å². The molecule has 0 bridgehead atoms. The number of nitrogens with two attached hydrogens (primary N) is 1. The van der Waals surface area contributed by atoms with Crippen molar-refractivity contribution in [2.45, 2.75) is 32.7 Å². The second kappa shape index (κ2) is 5.49. The highest BCUT2D eigenvalue weighted by atomic mass is 32.1. The minimum Gasteiger partial charge on any atom is -0.356 e. The van der Waals surface area contributed by atoms with Crippen molar-refractivity contribution in [3.8, 4) is 0 Å². The van der Waals surface area contributed by atoms with Gasteiger partial charge in [-0.3, -0.25) is 5.43 Å². The van der Waals surface area contributed by atoms with Gasteiger partial charge in [-0.1, -0.05) is 13.8 Å². The number of nitrogen functional groups attached to an aromatic ring is 1. The van der Waals surface area contributed by atoms with Crippen molar-refractivity contribution < 1.29 is 0 Å². The minimum atomic E-state index is 0.470. The minimum absolute atomic E-state index is 0.470. The number of fused-ring (bicyclic) bond motifs is 1. The van der Waals surface area contributed by atoms with Crippen LogP contribution in [0.15, 0.2) is 11.4 Å². The summed E-state index contributed by atoms with van der Waals surface area (Å²) in [6, 6.07) is 2.54. The molecule has 0 radical (unpaired) electrons. The van der Waals surface area contributed by atoms with Gasteiger partial charge in [0.15, 0.2) is 0 Å². The Morgan fingerprint density at radius 3 is 2.72 bits per heavy atom. The predicted molar refractivity (Wildman–Crippen MR) is 78.0 cm³/mol. The number of thiophene rings is 1. The number of hydrazine groups is 1. The third-order valence-electron chi connectivity index (χ3n) is 3.26. The lowest BCUT2D eigenvalue weighted by Gasteiger charge is -2.28. The van der Waals surface area contributed by atoms with Crippen molar-refractivity contribution in [3.05, 3.63) is 11.4 Å². The quantitative estimate of drug-likeness (QED) is 0.642. The SMILES string of the molecule is CCC(CC)N(C)c1nc(NN)nc2sccc12. The van der Waals surface area contributed by atoms with E-state index in [1.54, 1.807) is 11.3 Å². The second-order valence-electron chi connectivity index (χ2n) is 4.24. The fourth-order valence-corrected chi connectivity index (χ4v) is 2.94. The monoisotopic (exact) mass is 265 g/mol. The summed E-state index contributed by atoms with van der Waals surface area (Å²) in [6.45, 7) is 4.39. The Hall–Kier alpha value is -1.40. The summed E-state index contributed by atoms with van der Waals surface area (Å²) in [5.74, 6) is 6.85. The summed E-state index contributed by atoms with van der Waals surface area (Å²) in [5.41, 5.74) is 2.54. The van der Waals surface area contributed by atoms with Crippen LogP contribution < -0.4 is 16.2 Å². The lowest BCUT2D eigenvalue weighted by Crippen LogP contribution is -2.31. The Bertz CT molecular complexity index is 520. The van der Waals surface area contributed by atoms with E-state index in [0.717, 1.165) is 28.9 Å². The molecule has 0 fully saturated rings. The van der Waals surface area contributed by atoms with Crippen LogP contribution in [0, 0.1) is 0 Å². The number of hydrogen-bond acceptors (Lipinski definition) is 6. The van der Waals surface area contributed by atoms with Crippen LogP contribution in [0.4, 0.5) is 11.8 Å². The van der Waals surface area contributed by atoms with Gasteiger partial charge in [0.1, 0.15) is 10.6 Å². The number of anilines is 2. The van der Waals surface area contributed by atoms with E-state index in [1.807, 2.05) is 5.38 Å². The summed E-state index contributed by atoms with van der Waals surface area (Å²) in [7, 11) is 2.08. The molecule has 0 amide bonds. The number of aromatic nitrogens is 2. The first-order valence-corrected chi connectivity index (χ1v) is 7.03. The molecule has 0 atom stereocenters. The van der Waals surface area contributed by atoms with E-state index in [2.05, 4.69) is 47.3 Å². The topological polar surface area (TPSA) is 67.1 Å². The molecular weight excluding hydrogens is 246 g/mol. The van der Waals surface area contributed by atoms with Crippen LogP contribution in [0.5, 0.6) is 0 Å². The van der Waals surface area contributed by atoms with Crippen LogP contribution >= 0.6 is 11.3 Å². The molecule has 0 unspecified atom stereocenters. The van der Waals surface area contributed by atoms with Gasteiger partial charge in [0.2, 0.25) is 5.95 Å². The maximum Gasteiger partial charge on any atom is 0.240 e. The summed E-state index contributed by atoms with van der Waals surface area (Å²) >= 11 is 1.60. The molecule has 0 spiro atoms. The van der Waals surface area contributed by atoms with E-state index in [9.17, 15) is 0 Å². The van der Waals surface area contributed by atoms with Gasteiger partial charge in [0.25, 0.3) is 0 Å². The first-order valence-electron chi connectivity index (χ1n) is 6.15. The standard InChI is InChI=1S/C12H19N5S/c1-4-8(5-2)17(3)10-9-6-7-18-11(9)15-12(14-10)16-13/h6-8H,4-5,13H2,1-3H3,(H,14,15,16). The zero-order valence-electron chi connectivity index (χ0n) is 11.0. The zero-order chi connectivity index (χ0) is 13.1. The molecule has 18 heavy (non-hydrogen) atoms. The normalized spacial score (nSPS) is 11.2. The summed E-state index contributed by atoms with van der Waals surface area (Å²) in [4.78, 5) is 12.0. The first-order chi connectivity index (χ1) is 8.71. The highest BCUT2D eigenvalue weighted by Crippen LogP contribution is 2.30. The largest absolute Gasteiger partial charge is 0.356 e. The van der Waals surface area contributed by atoms with Crippen molar-refractivity contribution in [3.63, 3.8) is 0 Å². The molecule has 2 rings (SSSR count). The molecule has 2 heterocycles. The fourth-order valence-electron chi connectivity index (χ4n) is 2.18. The maximum atomic E-state index is 5.43. The first kappa shape index (κ1) is 13.0. The number of nitrogens with one attached hydrogen (secondary N) is 1. The van der Waals surface area contributed by atoms with Crippen LogP contribution in [0.3, 0.4) is 0 Å². The molecule has 98 valence electrons. The van der Waals surface area contributed by atoms with Gasteiger partial charge in [-0.15, -0.1) is 11.3 Å². The number of rotatable bonds is 5. The predicted octanol–water partition coefficient (Wildman–Crippen LogP) is 2.60. The molecule has 6 heteroatoms. The van der Waals surface area contributed by atoms with Crippen molar-refractivity contribution in [1.82, 2.24) is 9.97 Å². The van der Waals surface area contributed by atoms with Gasteiger partial charge in [-0.2, -0.15) is 4.98 Å². The molecule has 0 aromatic carbocycles. The number of hydrogen-bond donors (Lipinski definition) is 2. The smallest absolute Gasteiger partial charge is 0.240 e. The van der Waals surface area contributed by atoms with Crippen LogP contribution in [0.25, 0.3) is 10.2 Å². The Morgan fingerprint density at radius 1 is 1.39 bits per heavy atom. The molecule has 2 aromatic rings. The molecule has 5 nitrogen and oxygen atoms in total. The lowest BCUT2D eigenvalue weighted by molar-refractivity contribution is 0.588. The third kappa shape index (κ3) is 2.26. The van der Waals surface area contributed by atoms with E-state index in [0.29, 0.717) is 12.0 Å². The molecule has 2 aromatic heterocycles. The highest BCUT2D eigenvalue weighted by molar-refractivity contribution is 7.16. The van der Waals surface area contributed by atoms with Gasteiger partial charge in [-0.05, 0) is 24.3 Å². The van der Waals surface area contributed by atoms with Gasteiger partial charge >= 0.3 is 0 Å². The molecular formula is C12H19N5S.